The number of Topliss-reactive ketones (excluding diaryl/α,β-unsaturated/α-hetero) is 1. The fourth-order valence-corrected chi connectivity index (χ4v) is 5.57. The number of fused-ring (bicyclic) bond motifs is 2. The van der Waals surface area contributed by atoms with E-state index in [0.29, 0.717) is 22.3 Å². The number of ketones is 1. The highest BCUT2D eigenvalue weighted by molar-refractivity contribution is 7.19. The third-order valence-corrected chi connectivity index (χ3v) is 7.31. The normalized spacial score (nSPS) is 13.7. The second-order valence-electron chi connectivity index (χ2n) is 8.63. The van der Waals surface area contributed by atoms with Crippen LogP contribution in [0.25, 0.3) is 39.8 Å². The summed E-state index contributed by atoms with van der Waals surface area (Å²) in [4.78, 5) is 18.4. The maximum Gasteiger partial charge on any atom is 0.194 e. The molecule has 2 aromatic heterocycles. The Morgan fingerprint density at radius 3 is 2.21 bits per heavy atom. The zero-order valence-corrected chi connectivity index (χ0v) is 20.8. The van der Waals surface area contributed by atoms with E-state index in [2.05, 4.69) is 0 Å². The van der Waals surface area contributed by atoms with Crippen molar-refractivity contribution in [2.45, 2.75) is 0 Å². The zero-order valence-electron chi connectivity index (χ0n) is 20.0. The van der Waals surface area contributed by atoms with Gasteiger partial charge in [-0.05, 0) is 41.5 Å². The van der Waals surface area contributed by atoms with E-state index in [1.54, 1.807) is 41.7 Å². The van der Waals surface area contributed by atoms with Gasteiger partial charge in [0.25, 0.3) is 0 Å². The summed E-state index contributed by atoms with van der Waals surface area (Å²) >= 11 is 1.56. The number of aromatic nitrogens is 2. The van der Waals surface area contributed by atoms with Gasteiger partial charge in [0, 0.05) is 28.1 Å². The molecule has 3 aromatic carbocycles. The fraction of sp³-hybridized carbons (Fsp3) is 0. The van der Waals surface area contributed by atoms with Gasteiger partial charge in [0.1, 0.15) is 22.7 Å². The first kappa shape index (κ1) is 23.1. The van der Waals surface area contributed by atoms with E-state index < -0.39 is 0 Å². The number of nitrogens with zero attached hydrogens (tertiary/aromatic N) is 4. The highest BCUT2D eigenvalue weighted by atomic mass is 32.1. The van der Waals surface area contributed by atoms with Crippen molar-refractivity contribution in [1.29, 1.82) is 10.5 Å². The van der Waals surface area contributed by atoms with Gasteiger partial charge in [0.05, 0.1) is 4.70 Å². The maximum atomic E-state index is 13.5. The topological polar surface area (TPSA) is 82.5 Å². The number of rotatable bonds is 4. The van der Waals surface area contributed by atoms with Crippen molar-refractivity contribution in [3.63, 3.8) is 0 Å². The molecule has 6 heteroatoms. The highest BCUT2D eigenvalue weighted by Gasteiger charge is 2.32. The fourth-order valence-electron chi connectivity index (χ4n) is 4.67. The monoisotopic (exact) mass is 506 g/mol. The molecule has 178 valence electrons. The Morgan fingerprint density at radius 1 is 0.842 bits per heavy atom. The molecule has 0 fully saturated rings. The van der Waals surface area contributed by atoms with Gasteiger partial charge in [-0.2, -0.15) is 10.5 Å². The molecule has 0 bridgehead atoms. The van der Waals surface area contributed by atoms with E-state index in [1.807, 2.05) is 95.6 Å². The molecule has 0 radical (unpaired) electrons. The molecule has 5 nitrogen and oxygen atoms in total. The summed E-state index contributed by atoms with van der Waals surface area (Å²) in [6.07, 6.45) is 5.80. The molecule has 0 atom stereocenters. The second kappa shape index (κ2) is 9.63. The number of nitriles is 2. The highest BCUT2D eigenvalue weighted by Crippen LogP contribution is 2.41. The molecule has 0 amide bonds. The molecule has 0 spiro atoms. The lowest BCUT2D eigenvalue weighted by molar-refractivity contribution is 0.104. The summed E-state index contributed by atoms with van der Waals surface area (Å²) in [5.41, 5.74) is 5.22. The molecule has 1 aliphatic carbocycles. The molecule has 1 aliphatic rings. The number of benzene rings is 3. The molecule has 5 aromatic rings. The molecule has 0 aliphatic heterocycles. The minimum Gasteiger partial charge on any atom is -0.294 e. The standard InChI is InChI=1S/C32H18N4OS/c33-19-22(20-34)30-25-13-7-8-14-26(25)31(37)27(30)17-24-18-28-32(36(24)23-11-5-2-6-12-23)35-29(38-28)16-15-21-9-3-1-4-10-21/h1-18H/b16-15+,27-17-. The van der Waals surface area contributed by atoms with Crippen LogP contribution in [0.15, 0.2) is 102 Å². The van der Waals surface area contributed by atoms with Crippen LogP contribution in [0.1, 0.15) is 32.2 Å². The first-order chi connectivity index (χ1) is 18.7. The van der Waals surface area contributed by atoms with E-state index in [-0.39, 0.29) is 11.4 Å². The van der Waals surface area contributed by atoms with Gasteiger partial charge in [-0.3, -0.25) is 9.36 Å². The first-order valence-corrected chi connectivity index (χ1v) is 12.7. The molecular weight excluding hydrogens is 488 g/mol. The van der Waals surface area contributed by atoms with E-state index >= 15 is 0 Å². The van der Waals surface area contributed by atoms with E-state index in [4.69, 9.17) is 4.98 Å². The number of carbonyl (C=O) groups is 1. The van der Waals surface area contributed by atoms with Crippen molar-refractivity contribution in [1.82, 2.24) is 9.55 Å². The third-order valence-electron chi connectivity index (χ3n) is 6.35. The van der Waals surface area contributed by atoms with Crippen LogP contribution in [-0.2, 0) is 0 Å². The van der Waals surface area contributed by atoms with Crippen LogP contribution in [0.4, 0.5) is 0 Å². The molecule has 0 saturated heterocycles. The van der Waals surface area contributed by atoms with Gasteiger partial charge >= 0.3 is 0 Å². The quantitative estimate of drug-likeness (QED) is 0.189. The summed E-state index contributed by atoms with van der Waals surface area (Å²) in [5, 5.41) is 20.2. The van der Waals surface area contributed by atoms with Crippen molar-refractivity contribution in [3.05, 3.63) is 130 Å². The largest absolute Gasteiger partial charge is 0.294 e. The van der Waals surface area contributed by atoms with Crippen molar-refractivity contribution < 1.29 is 4.79 Å². The molecule has 2 heterocycles. The molecule has 0 N–H and O–H groups in total. The van der Waals surface area contributed by atoms with E-state index in [0.717, 1.165) is 32.3 Å². The minimum absolute atomic E-state index is 0.0827. The van der Waals surface area contributed by atoms with Gasteiger partial charge < -0.3 is 0 Å². The summed E-state index contributed by atoms with van der Waals surface area (Å²) in [6, 6.07) is 32.9. The first-order valence-electron chi connectivity index (χ1n) is 11.9. The Bertz CT molecular complexity index is 1880. The Hall–Kier alpha value is -5.30. The van der Waals surface area contributed by atoms with Crippen LogP contribution >= 0.6 is 11.3 Å². The smallest absolute Gasteiger partial charge is 0.194 e. The van der Waals surface area contributed by atoms with Gasteiger partial charge in [-0.1, -0.05) is 78.9 Å². The lowest BCUT2D eigenvalue weighted by atomic mass is 9.99. The number of para-hydroxylation sites is 1. The average molecular weight is 507 g/mol. The summed E-state index contributed by atoms with van der Waals surface area (Å²) in [6.45, 7) is 0. The van der Waals surface area contributed by atoms with Crippen LogP contribution in [0, 0.1) is 22.7 Å². The predicted octanol–water partition coefficient (Wildman–Crippen LogP) is 7.34. The third kappa shape index (κ3) is 3.96. The molecular formula is C32H18N4OS. The van der Waals surface area contributed by atoms with Crippen LogP contribution in [0.5, 0.6) is 0 Å². The predicted molar refractivity (Wildman–Crippen MR) is 151 cm³/mol. The van der Waals surface area contributed by atoms with E-state index in [9.17, 15) is 15.3 Å². The summed E-state index contributed by atoms with van der Waals surface area (Å²) in [5.74, 6) is -0.206. The maximum absolute atomic E-state index is 13.5. The summed E-state index contributed by atoms with van der Waals surface area (Å²) < 4.78 is 2.97. The van der Waals surface area contributed by atoms with Gasteiger partial charge in [0.2, 0.25) is 0 Å². The van der Waals surface area contributed by atoms with Crippen molar-refractivity contribution in [2.75, 3.05) is 0 Å². The van der Waals surface area contributed by atoms with Crippen LogP contribution in [0.2, 0.25) is 0 Å². The number of hydrogen-bond acceptors (Lipinski definition) is 5. The van der Waals surface area contributed by atoms with Crippen LogP contribution in [0.3, 0.4) is 0 Å². The molecule has 38 heavy (non-hydrogen) atoms. The minimum atomic E-state index is -0.206. The van der Waals surface area contributed by atoms with Gasteiger partial charge in [0.15, 0.2) is 11.4 Å². The molecule has 0 unspecified atom stereocenters. The van der Waals surface area contributed by atoms with Crippen LogP contribution in [-0.4, -0.2) is 15.3 Å². The van der Waals surface area contributed by atoms with Crippen molar-refractivity contribution in [3.8, 4) is 17.8 Å². The zero-order chi connectivity index (χ0) is 26.1. The molecule has 6 rings (SSSR count). The summed E-state index contributed by atoms with van der Waals surface area (Å²) in [7, 11) is 0. The Kier molecular flexibility index (Phi) is 5.86. The SMILES string of the molecule is N#CC(C#N)=C1/C(=C/c2cc3sc(/C=C/c4ccccc4)nc3n2-c2ccccc2)C(=O)c2ccccc21. The van der Waals surface area contributed by atoms with Gasteiger partial charge in [-0.15, -0.1) is 11.3 Å². The number of hydrogen-bond donors (Lipinski definition) is 0. The van der Waals surface area contributed by atoms with Crippen molar-refractivity contribution in [2.24, 2.45) is 0 Å². The Morgan fingerprint density at radius 2 is 1.50 bits per heavy atom. The lowest BCUT2D eigenvalue weighted by Crippen LogP contribution is -2.00. The van der Waals surface area contributed by atoms with Crippen LogP contribution < -0.4 is 0 Å². The lowest BCUT2D eigenvalue weighted by Gasteiger charge is -2.08. The average Bonchev–Trinajstić information content (AvgIpc) is 3.59. The number of allylic oxidation sites excluding steroid dienone is 3. The number of carbonyl (C=O) groups excluding carboxylic acids is 1. The Labute approximate surface area is 223 Å². The molecule has 0 saturated carbocycles. The Balaban J connectivity index is 1.54. The second-order valence-corrected chi connectivity index (χ2v) is 9.69. The van der Waals surface area contributed by atoms with Crippen molar-refractivity contribution >= 4 is 51.3 Å². The van der Waals surface area contributed by atoms with Gasteiger partial charge in [-0.25, -0.2) is 4.98 Å². The van der Waals surface area contributed by atoms with E-state index in [1.165, 1.54) is 0 Å². The number of thiazole rings is 1.